The lowest BCUT2D eigenvalue weighted by molar-refractivity contribution is -0.385. The lowest BCUT2D eigenvalue weighted by atomic mass is 9.82. The Kier molecular flexibility index (Phi) is 10.0. The Balaban J connectivity index is 1.15. The molecule has 2 amide bonds. The number of amides is 2. The van der Waals surface area contributed by atoms with Crippen LogP contribution < -0.4 is 15.5 Å². The lowest BCUT2D eigenvalue weighted by Crippen LogP contribution is -2.46. The van der Waals surface area contributed by atoms with E-state index < -0.39 is 36.4 Å². The molecule has 3 aromatic carbocycles. The highest BCUT2D eigenvalue weighted by atomic mass is 28.4. The molecule has 6 atom stereocenters. The van der Waals surface area contributed by atoms with Gasteiger partial charge < -0.3 is 30.2 Å². The number of aryl methyl sites for hydroxylation is 1. The first-order valence-corrected chi connectivity index (χ1v) is 21.1. The molecule has 2 saturated heterocycles. The molecule has 14 nitrogen and oxygen atoms in total. The lowest BCUT2D eigenvalue weighted by Gasteiger charge is -2.32. The van der Waals surface area contributed by atoms with E-state index in [1.165, 1.54) is 12.1 Å². The van der Waals surface area contributed by atoms with Crippen molar-refractivity contribution in [1.82, 2.24) is 20.3 Å². The maximum atomic E-state index is 14.8. The van der Waals surface area contributed by atoms with E-state index in [4.69, 9.17) is 4.74 Å². The highest BCUT2D eigenvalue weighted by Gasteiger charge is 2.66. The van der Waals surface area contributed by atoms with Gasteiger partial charge in [-0.25, -0.2) is 0 Å². The van der Waals surface area contributed by atoms with Gasteiger partial charge >= 0.3 is 0 Å². The Labute approximate surface area is 308 Å². The molecule has 4 aromatic rings. The predicted octanol–water partition coefficient (Wildman–Crippen LogP) is 4.44. The average molecular weight is 740 g/mol. The normalized spacial score (nSPS) is 24.5. The van der Waals surface area contributed by atoms with Crippen LogP contribution in [0.5, 0.6) is 0 Å². The molecule has 0 radical (unpaired) electrons. The summed E-state index contributed by atoms with van der Waals surface area (Å²) < 4.78 is 8.57. The van der Waals surface area contributed by atoms with Crippen molar-refractivity contribution in [2.24, 2.45) is 5.92 Å². The van der Waals surface area contributed by atoms with Gasteiger partial charge in [-0.2, -0.15) is 0 Å². The van der Waals surface area contributed by atoms with Crippen molar-refractivity contribution in [3.8, 4) is 0 Å². The first kappa shape index (κ1) is 36.6. The summed E-state index contributed by atoms with van der Waals surface area (Å²) in [6, 6.07) is 21.1. The van der Waals surface area contributed by atoms with E-state index in [0.717, 1.165) is 30.5 Å². The Hall–Kier alpha value is -4.80. The zero-order valence-corrected chi connectivity index (χ0v) is 31.0. The highest BCUT2D eigenvalue weighted by molar-refractivity contribution is 6.71. The summed E-state index contributed by atoms with van der Waals surface area (Å²) in [6.45, 7) is 6.78. The Morgan fingerprint density at radius 1 is 1.17 bits per heavy atom. The molecule has 1 aromatic heterocycles. The molecule has 1 spiro atoms. The minimum Gasteiger partial charge on any atom is -0.432 e. The standard InChI is InChI=1S/C38H45N7O7Si/c1-24-35(53(2,3)51)34(17-19-43-22-32(41-42-43)29(23-46)26-8-5-4-6-9-26)52-38(24)30-20-28(45(49)50)15-16-33(30)44(37(38)48)21-25-11-13-27(14-12-25)40-36(47)31-10-7-18-39-31/h4-6,8-9,11-16,20,22,24,29,31,34-35,39,46,51H,7,10,17-19,21,23H2,1-3H3,(H,40,47)/t24-,29?,31-,34+,35-,38+/m1/s1. The van der Waals surface area contributed by atoms with Crippen LogP contribution in [0.25, 0.3) is 0 Å². The van der Waals surface area contributed by atoms with Crippen LogP contribution in [0, 0.1) is 16.0 Å². The van der Waals surface area contributed by atoms with Crippen molar-refractivity contribution in [3.63, 3.8) is 0 Å². The van der Waals surface area contributed by atoms with E-state index in [2.05, 4.69) is 20.9 Å². The zero-order chi connectivity index (χ0) is 37.5. The molecular weight excluding hydrogens is 695 g/mol. The molecule has 1 unspecified atom stereocenters. The maximum absolute atomic E-state index is 14.8. The molecule has 2 fully saturated rings. The first-order chi connectivity index (χ1) is 25.4. The minimum absolute atomic E-state index is 0.0833. The van der Waals surface area contributed by atoms with Gasteiger partial charge in [-0.1, -0.05) is 54.6 Å². The second-order valence-electron chi connectivity index (χ2n) is 14.9. The molecule has 3 aliphatic rings. The van der Waals surface area contributed by atoms with Crippen LogP contribution in [-0.4, -0.2) is 75.2 Å². The van der Waals surface area contributed by atoms with Gasteiger partial charge in [-0.15, -0.1) is 5.10 Å². The molecule has 3 aliphatic heterocycles. The Bertz CT molecular complexity index is 1980. The fraction of sp³-hybridized carbons (Fsp3) is 0.421. The third-order valence-electron chi connectivity index (χ3n) is 11.1. The number of fused-ring (bicyclic) bond motifs is 2. The number of carbonyl (C=O) groups excluding carboxylic acids is 2. The number of aliphatic hydroxyl groups is 1. The average Bonchev–Trinajstić information content (AvgIpc) is 3.94. The third-order valence-corrected chi connectivity index (χ3v) is 13.6. The van der Waals surface area contributed by atoms with Gasteiger partial charge in [0.1, 0.15) is 0 Å². The number of hydrogen-bond acceptors (Lipinski definition) is 10. The van der Waals surface area contributed by atoms with E-state index in [1.807, 2.05) is 62.5 Å². The van der Waals surface area contributed by atoms with Crippen LogP contribution >= 0.6 is 0 Å². The minimum atomic E-state index is -3.00. The van der Waals surface area contributed by atoms with Crippen molar-refractivity contribution in [2.45, 2.75) is 81.6 Å². The van der Waals surface area contributed by atoms with Gasteiger partial charge in [0, 0.05) is 47.6 Å². The Morgan fingerprint density at radius 3 is 2.58 bits per heavy atom. The topological polar surface area (TPSA) is 185 Å². The number of anilines is 2. The number of carbonyl (C=O) groups is 2. The monoisotopic (exact) mass is 739 g/mol. The number of rotatable bonds is 12. The van der Waals surface area contributed by atoms with Crippen LogP contribution in [0.15, 0.2) is 79.0 Å². The number of benzene rings is 3. The van der Waals surface area contributed by atoms with E-state index >= 15 is 0 Å². The smallest absolute Gasteiger partial charge is 0.269 e. The molecule has 53 heavy (non-hydrogen) atoms. The Morgan fingerprint density at radius 2 is 1.92 bits per heavy atom. The molecular formula is C38H45N7O7Si. The number of non-ortho nitro benzene ring substituents is 1. The highest BCUT2D eigenvalue weighted by Crippen LogP contribution is 2.60. The fourth-order valence-electron chi connectivity index (χ4n) is 8.52. The summed E-state index contributed by atoms with van der Waals surface area (Å²) in [7, 11) is -3.00. The van der Waals surface area contributed by atoms with Gasteiger partial charge in [-0.05, 0) is 68.2 Å². The summed E-state index contributed by atoms with van der Waals surface area (Å²) >= 11 is 0. The summed E-state index contributed by atoms with van der Waals surface area (Å²) in [5, 5.41) is 37.0. The van der Waals surface area contributed by atoms with Crippen molar-refractivity contribution in [3.05, 3.63) is 111 Å². The SMILES string of the molecule is C[C@@H]1[C@@H]([Si](C)(C)O)[C@H](CCn2cc(C(CO)c3ccccc3)nn2)O[C@@]12C(=O)N(Cc1ccc(NC(=O)[C@H]3CCCN3)cc1)c1ccc([N+](=O)[O-])cc12. The number of nitrogens with zero attached hydrogens (tertiary/aromatic N) is 5. The van der Waals surface area contributed by atoms with Crippen molar-refractivity contribution >= 4 is 37.2 Å². The van der Waals surface area contributed by atoms with Gasteiger partial charge in [0.25, 0.3) is 11.6 Å². The number of hydrogen-bond donors (Lipinski definition) is 4. The summed E-state index contributed by atoms with van der Waals surface area (Å²) in [4.78, 5) is 52.3. The first-order valence-electron chi connectivity index (χ1n) is 18.1. The van der Waals surface area contributed by atoms with Crippen LogP contribution in [-0.2, 0) is 33.0 Å². The molecule has 278 valence electrons. The van der Waals surface area contributed by atoms with Crippen LogP contribution in [0.1, 0.15) is 54.5 Å². The maximum Gasteiger partial charge on any atom is 0.269 e. The van der Waals surface area contributed by atoms with Crippen molar-refractivity contribution in [2.75, 3.05) is 23.4 Å². The van der Waals surface area contributed by atoms with E-state index in [9.17, 15) is 29.6 Å². The number of aromatic nitrogens is 3. The second kappa shape index (κ2) is 14.6. The number of nitro groups is 1. The summed E-state index contributed by atoms with van der Waals surface area (Å²) in [5.41, 5.74) is 1.81. The van der Waals surface area contributed by atoms with Gasteiger partial charge in [-0.3, -0.25) is 24.4 Å². The van der Waals surface area contributed by atoms with Crippen molar-refractivity contribution < 1.29 is 29.2 Å². The molecule has 15 heteroatoms. The molecule has 0 aliphatic carbocycles. The number of aliphatic hydroxyl groups excluding tert-OH is 1. The third kappa shape index (κ3) is 6.90. The largest absolute Gasteiger partial charge is 0.432 e. The van der Waals surface area contributed by atoms with E-state index in [-0.39, 0.29) is 42.6 Å². The quantitative estimate of drug-likeness (QED) is 0.0921. The molecule has 7 rings (SSSR count). The fourth-order valence-corrected chi connectivity index (χ4v) is 11.1. The van der Waals surface area contributed by atoms with Gasteiger partial charge in [0.15, 0.2) is 13.9 Å². The zero-order valence-electron chi connectivity index (χ0n) is 30.0. The predicted molar refractivity (Wildman–Crippen MR) is 200 cm³/mol. The van der Waals surface area contributed by atoms with Crippen LogP contribution in [0.4, 0.5) is 17.1 Å². The number of ether oxygens (including phenoxy) is 1. The molecule has 4 N–H and O–H groups in total. The second-order valence-corrected chi connectivity index (χ2v) is 18.9. The summed E-state index contributed by atoms with van der Waals surface area (Å²) in [5.74, 6) is -1.28. The molecule has 4 heterocycles. The molecule has 0 bridgehead atoms. The van der Waals surface area contributed by atoms with Crippen LogP contribution in [0.2, 0.25) is 18.6 Å². The number of nitro benzene ring substituents is 1. The van der Waals surface area contributed by atoms with Crippen molar-refractivity contribution in [1.29, 1.82) is 0 Å². The van der Waals surface area contributed by atoms with E-state index in [1.54, 1.807) is 34.0 Å². The molecule has 0 saturated carbocycles. The van der Waals surface area contributed by atoms with Gasteiger partial charge in [0.2, 0.25) is 5.91 Å². The van der Waals surface area contributed by atoms with Gasteiger partial charge in [0.05, 0.1) is 47.5 Å². The van der Waals surface area contributed by atoms with E-state index in [0.29, 0.717) is 35.6 Å². The number of nitrogens with one attached hydrogen (secondary N) is 2. The van der Waals surface area contributed by atoms with Crippen LogP contribution in [0.3, 0.4) is 0 Å². The summed E-state index contributed by atoms with van der Waals surface area (Å²) in [6.07, 6.45) is 3.37.